The Balaban J connectivity index is 2.44. The highest BCUT2D eigenvalue weighted by atomic mass is 79.9. The maximum absolute atomic E-state index is 6.62. The molecule has 0 saturated heterocycles. The van der Waals surface area contributed by atoms with Crippen LogP contribution in [0.3, 0.4) is 0 Å². The average molecular weight is 324 g/mol. The van der Waals surface area contributed by atoms with Crippen LogP contribution >= 0.6 is 27.5 Å². The number of aryl methyl sites for hydroxylation is 3. The summed E-state index contributed by atoms with van der Waals surface area (Å²) in [5.41, 5.74) is 6.03. The van der Waals surface area contributed by atoms with Crippen LogP contribution in [-0.2, 0) is 0 Å². The lowest BCUT2D eigenvalue weighted by molar-refractivity contribution is 1.09. The van der Waals surface area contributed by atoms with Gasteiger partial charge in [-0.25, -0.2) is 0 Å². The number of hydrogen-bond donors (Lipinski definition) is 0. The predicted octanol–water partition coefficient (Wildman–Crippen LogP) is 5.70. The first-order valence-corrected chi connectivity index (χ1v) is 7.19. The molecule has 94 valence electrons. The maximum Gasteiger partial charge on any atom is 0.0848 e. The van der Waals surface area contributed by atoms with Gasteiger partial charge in [-0.1, -0.05) is 51.8 Å². The fraction of sp³-hybridized carbons (Fsp3) is 0.250. The molecule has 0 N–H and O–H groups in total. The highest BCUT2D eigenvalue weighted by Crippen LogP contribution is 2.35. The molecule has 0 heterocycles. The Hall–Kier alpha value is -0.790. The average Bonchev–Trinajstić information content (AvgIpc) is 2.28. The van der Waals surface area contributed by atoms with Crippen LogP contribution < -0.4 is 0 Å². The van der Waals surface area contributed by atoms with Crippen molar-refractivity contribution in [2.45, 2.75) is 26.1 Å². The van der Waals surface area contributed by atoms with Crippen LogP contribution in [0.15, 0.2) is 40.9 Å². The fourth-order valence-electron chi connectivity index (χ4n) is 2.12. The van der Waals surface area contributed by atoms with Crippen LogP contribution in [-0.4, -0.2) is 0 Å². The van der Waals surface area contributed by atoms with E-state index in [-0.39, 0.29) is 5.38 Å². The molecule has 2 aromatic rings. The van der Waals surface area contributed by atoms with Crippen molar-refractivity contribution < 1.29 is 0 Å². The SMILES string of the molecule is Cc1ccc(C(Cl)c2ccc(C)cc2Br)c(C)c1. The van der Waals surface area contributed by atoms with E-state index >= 15 is 0 Å². The van der Waals surface area contributed by atoms with Crippen LogP contribution in [0.2, 0.25) is 0 Å². The molecule has 1 unspecified atom stereocenters. The molecule has 0 nitrogen and oxygen atoms in total. The Labute approximate surface area is 122 Å². The van der Waals surface area contributed by atoms with Crippen LogP contribution in [0, 0.1) is 20.8 Å². The van der Waals surface area contributed by atoms with Crippen LogP contribution in [0.1, 0.15) is 33.2 Å². The number of rotatable bonds is 2. The third-order valence-corrected chi connectivity index (χ3v) is 4.28. The Morgan fingerprint density at radius 2 is 1.44 bits per heavy atom. The van der Waals surface area contributed by atoms with Crippen molar-refractivity contribution in [3.05, 3.63) is 68.7 Å². The minimum absolute atomic E-state index is 0.111. The van der Waals surface area contributed by atoms with Gasteiger partial charge < -0.3 is 0 Å². The summed E-state index contributed by atoms with van der Waals surface area (Å²) in [6.45, 7) is 6.29. The maximum atomic E-state index is 6.62. The summed E-state index contributed by atoms with van der Waals surface area (Å²) in [6.07, 6.45) is 0. The summed E-state index contributed by atoms with van der Waals surface area (Å²) in [6, 6.07) is 12.7. The van der Waals surface area contributed by atoms with Gasteiger partial charge in [0.15, 0.2) is 0 Å². The Morgan fingerprint density at radius 1 is 0.889 bits per heavy atom. The van der Waals surface area contributed by atoms with Gasteiger partial charge in [-0.15, -0.1) is 11.6 Å². The normalized spacial score (nSPS) is 12.5. The molecule has 18 heavy (non-hydrogen) atoms. The van der Waals surface area contributed by atoms with E-state index in [4.69, 9.17) is 11.6 Å². The second-order valence-corrected chi connectivity index (χ2v) is 6.04. The van der Waals surface area contributed by atoms with E-state index in [0.717, 1.165) is 10.0 Å². The lowest BCUT2D eigenvalue weighted by Crippen LogP contribution is -1.98. The molecule has 0 amide bonds. The third-order valence-electron chi connectivity index (χ3n) is 3.13. The second kappa shape index (κ2) is 5.46. The van der Waals surface area contributed by atoms with Crippen molar-refractivity contribution >= 4 is 27.5 Å². The van der Waals surface area contributed by atoms with E-state index in [2.05, 4.69) is 73.1 Å². The molecule has 2 aromatic carbocycles. The van der Waals surface area contributed by atoms with Crippen LogP contribution in [0.5, 0.6) is 0 Å². The molecule has 0 spiro atoms. The van der Waals surface area contributed by atoms with E-state index in [9.17, 15) is 0 Å². The van der Waals surface area contributed by atoms with Gasteiger partial charge in [-0.05, 0) is 49.1 Å². The lowest BCUT2D eigenvalue weighted by Gasteiger charge is -2.15. The summed E-state index contributed by atoms with van der Waals surface area (Å²) in [7, 11) is 0. The third kappa shape index (κ3) is 2.78. The van der Waals surface area contributed by atoms with Crippen LogP contribution in [0.4, 0.5) is 0 Å². The lowest BCUT2D eigenvalue weighted by atomic mass is 9.98. The molecule has 0 saturated carbocycles. The first kappa shape index (κ1) is 13.6. The highest BCUT2D eigenvalue weighted by molar-refractivity contribution is 9.10. The van der Waals surface area contributed by atoms with E-state index < -0.39 is 0 Å². The Kier molecular flexibility index (Phi) is 4.14. The number of hydrogen-bond acceptors (Lipinski definition) is 0. The topological polar surface area (TPSA) is 0 Å². The molecular weight excluding hydrogens is 308 g/mol. The Bertz CT molecular complexity index is 524. The van der Waals surface area contributed by atoms with Crippen molar-refractivity contribution in [1.82, 2.24) is 0 Å². The largest absolute Gasteiger partial charge is 0.113 e. The molecule has 2 heteroatoms. The molecule has 0 bridgehead atoms. The monoisotopic (exact) mass is 322 g/mol. The first-order chi connectivity index (χ1) is 8.49. The van der Waals surface area contributed by atoms with Crippen molar-refractivity contribution in [3.8, 4) is 0 Å². The zero-order valence-electron chi connectivity index (χ0n) is 10.8. The molecule has 0 radical (unpaired) electrons. The quantitative estimate of drug-likeness (QED) is 0.622. The number of halogens is 2. The first-order valence-electron chi connectivity index (χ1n) is 5.96. The zero-order chi connectivity index (χ0) is 13.3. The van der Waals surface area contributed by atoms with Crippen molar-refractivity contribution in [1.29, 1.82) is 0 Å². The van der Waals surface area contributed by atoms with E-state index in [1.165, 1.54) is 22.3 Å². The summed E-state index contributed by atoms with van der Waals surface area (Å²) in [4.78, 5) is 0. The number of alkyl halides is 1. The van der Waals surface area contributed by atoms with Gasteiger partial charge in [0.1, 0.15) is 0 Å². The molecule has 0 aliphatic heterocycles. The smallest absolute Gasteiger partial charge is 0.0848 e. The standard InChI is InChI=1S/C16H16BrCl/c1-10-4-6-13(12(3)8-10)16(18)14-7-5-11(2)9-15(14)17/h4-9,16H,1-3H3. The molecule has 0 aliphatic carbocycles. The summed E-state index contributed by atoms with van der Waals surface area (Å²) >= 11 is 10.2. The summed E-state index contributed by atoms with van der Waals surface area (Å²) < 4.78 is 1.07. The van der Waals surface area contributed by atoms with Gasteiger partial charge in [0.2, 0.25) is 0 Å². The van der Waals surface area contributed by atoms with Gasteiger partial charge in [0.25, 0.3) is 0 Å². The van der Waals surface area contributed by atoms with Crippen molar-refractivity contribution in [3.63, 3.8) is 0 Å². The van der Waals surface area contributed by atoms with Gasteiger partial charge in [0.05, 0.1) is 5.38 Å². The minimum atomic E-state index is -0.111. The van der Waals surface area contributed by atoms with Crippen molar-refractivity contribution in [2.75, 3.05) is 0 Å². The van der Waals surface area contributed by atoms with E-state index in [1.54, 1.807) is 0 Å². The molecular formula is C16H16BrCl. The van der Waals surface area contributed by atoms with E-state index in [1.807, 2.05) is 0 Å². The highest BCUT2D eigenvalue weighted by Gasteiger charge is 2.15. The van der Waals surface area contributed by atoms with Gasteiger partial charge in [0, 0.05) is 4.47 Å². The number of benzene rings is 2. The summed E-state index contributed by atoms with van der Waals surface area (Å²) in [5, 5.41) is -0.111. The predicted molar refractivity (Wildman–Crippen MR) is 82.5 cm³/mol. The summed E-state index contributed by atoms with van der Waals surface area (Å²) in [5.74, 6) is 0. The van der Waals surface area contributed by atoms with Gasteiger partial charge >= 0.3 is 0 Å². The zero-order valence-corrected chi connectivity index (χ0v) is 13.1. The molecule has 0 aromatic heterocycles. The second-order valence-electron chi connectivity index (χ2n) is 4.75. The van der Waals surface area contributed by atoms with E-state index in [0.29, 0.717) is 0 Å². The van der Waals surface area contributed by atoms with Crippen LogP contribution in [0.25, 0.3) is 0 Å². The van der Waals surface area contributed by atoms with Gasteiger partial charge in [-0.3, -0.25) is 0 Å². The molecule has 1 atom stereocenters. The fourth-order valence-corrected chi connectivity index (χ4v) is 3.40. The molecule has 2 rings (SSSR count). The Morgan fingerprint density at radius 3 is 2.00 bits per heavy atom. The minimum Gasteiger partial charge on any atom is -0.113 e. The van der Waals surface area contributed by atoms with Gasteiger partial charge in [-0.2, -0.15) is 0 Å². The van der Waals surface area contributed by atoms with Crippen molar-refractivity contribution in [2.24, 2.45) is 0 Å². The molecule has 0 aliphatic rings. The molecule has 0 fully saturated rings.